The van der Waals surface area contributed by atoms with Gasteiger partial charge in [0.05, 0.1) is 17.9 Å². The molecule has 32 heavy (non-hydrogen) atoms. The molecule has 0 aliphatic rings. The molecule has 2 aromatic carbocycles. The number of halogens is 2. The average molecular weight is 431 g/mol. The largest absolute Gasteiger partial charge is 0.350 e. The minimum atomic E-state index is -0.352. The summed E-state index contributed by atoms with van der Waals surface area (Å²) in [4.78, 5) is 7.97. The quantitative estimate of drug-likeness (QED) is 0.364. The van der Waals surface area contributed by atoms with Gasteiger partial charge in [-0.25, -0.2) is 13.8 Å². The van der Waals surface area contributed by atoms with Crippen molar-refractivity contribution >= 4 is 12.2 Å². The Balaban J connectivity index is 1.62. The van der Waals surface area contributed by atoms with Crippen molar-refractivity contribution in [2.24, 2.45) is 7.05 Å². The predicted molar refractivity (Wildman–Crippen MR) is 126 cm³/mol. The first kappa shape index (κ1) is 21.5. The normalized spacial score (nSPS) is 11.0. The standard InChI is InChI=1S/C26H24F2N4/c1-4-22-19(16-32(3)23(22)5-2)14-29-15-24-30-25(17-8-6-10-20(27)12-17)26(31-24)18-9-7-11-21(28)13-18/h4-13,16,29H,1-2,14-15H2,3H3,(H,30,31). The number of hydrogen-bond acceptors (Lipinski definition) is 2. The summed E-state index contributed by atoms with van der Waals surface area (Å²) < 4.78 is 29.7. The van der Waals surface area contributed by atoms with E-state index >= 15 is 0 Å². The number of aromatic amines is 1. The molecule has 0 bridgehead atoms. The fourth-order valence-electron chi connectivity index (χ4n) is 3.88. The number of aromatic nitrogens is 3. The first-order chi connectivity index (χ1) is 15.5. The van der Waals surface area contributed by atoms with Gasteiger partial charge in [0.1, 0.15) is 17.5 Å². The molecule has 0 amide bonds. The predicted octanol–water partition coefficient (Wildman–Crippen LogP) is 5.94. The highest BCUT2D eigenvalue weighted by Crippen LogP contribution is 2.31. The molecular weight excluding hydrogens is 406 g/mol. The maximum atomic E-state index is 13.9. The van der Waals surface area contributed by atoms with Crippen molar-refractivity contribution in [1.82, 2.24) is 19.9 Å². The maximum Gasteiger partial charge on any atom is 0.123 e. The van der Waals surface area contributed by atoms with Gasteiger partial charge in [-0.3, -0.25) is 0 Å². The summed E-state index contributed by atoms with van der Waals surface area (Å²) in [5.41, 5.74) is 5.64. The Labute approximate surface area is 186 Å². The van der Waals surface area contributed by atoms with E-state index in [1.165, 1.54) is 24.3 Å². The van der Waals surface area contributed by atoms with Gasteiger partial charge in [-0.15, -0.1) is 0 Å². The van der Waals surface area contributed by atoms with Crippen LogP contribution in [0.15, 0.2) is 67.9 Å². The zero-order valence-corrected chi connectivity index (χ0v) is 17.8. The van der Waals surface area contributed by atoms with Crippen LogP contribution < -0.4 is 5.32 Å². The molecule has 0 saturated heterocycles. The van der Waals surface area contributed by atoms with Crippen LogP contribution in [0.2, 0.25) is 0 Å². The number of nitrogens with zero attached hydrogens (tertiary/aromatic N) is 2. The molecule has 0 aliphatic carbocycles. The molecule has 0 atom stereocenters. The summed E-state index contributed by atoms with van der Waals surface area (Å²) in [7, 11) is 1.97. The van der Waals surface area contributed by atoms with Crippen LogP contribution in [-0.2, 0) is 20.1 Å². The van der Waals surface area contributed by atoms with Crippen molar-refractivity contribution in [2.75, 3.05) is 0 Å². The molecule has 2 aromatic heterocycles. The highest BCUT2D eigenvalue weighted by atomic mass is 19.1. The van der Waals surface area contributed by atoms with E-state index in [1.54, 1.807) is 24.3 Å². The zero-order chi connectivity index (χ0) is 22.7. The van der Waals surface area contributed by atoms with Gasteiger partial charge in [0.2, 0.25) is 0 Å². The van der Waals surface area contributed by atoms with E-state index < -0.39 is 0 Å². The van der Waals surface area contributed by atoms with Crippen LogP contribution in [0.3, 0.4) is 0 Å². The second-order valence-corrected chi connectivity index (χ2v) is 7.50. The Morgan fingerprint density at radius 1 is 1.00 bits per heavy atom. The van der Waals surface area contributed by atoms with Gasteiger partial charge in [-0.2, -0.15) is 0 Å². The molecule has 6 heteroatoms. The summed E-state index contributed by atoms with van der Waals surface area (Å²) >= 11 is 0. The Morgan fingerprint density at radius 2 is 1.69 bits per heavy atom. The summed E-state index contributed by atoms with van der Waals surface area (Å²) in [5, 5.41) is 3.39. The Hall–Kier alpha value is -3.77. The lowest BCUT2D eigenvalue weighted by atomic mass is 10.0. The minimum Gasteiger partial charge on any atom is -0.350 e. The third-order valence-corrected chi connectivity index (χ3v) is 5.32. The molecule has 4 nitrogen and oxygen atoms in total. The van der Waals surface area contributed by atoms with Crippen molar-refractivity contribution in [3.8, 4) is 22.5 Å². The Morgan fingerprint density at radius 3 is 2.34 bits per heavy atom. The first-order valence-corrected chi connectivity index (χ1v) is 10.2. The number of aryl methyl sites for hydroxylation is 1. The molecular formula is C26H24F2N4. The number of rotatable bonds is 8. The van der Waals surface area contributed by atoms with E-state index in [1.807, 2.05) is 30.0 Å². The average Bonchev–Trinajstić information content (AvgIpc) is 3.34. The van der Waals surface area contributed by atoms with E-state index in [2.05, 4.69) is 23.5 Å². The summed E-state index contributed by atoms with van der Waals surface area (Å²) in [6.07, 6.45) is 5.67. The molecule has 0 aliphatic heterocycles. The van der Waals surface area contributed by atoms with Crippen molar-refractivity contribution in [1.29, 1.82) is 0 Å². The fraction of sp³-hybridized carbons (Fsp3) is 0.115. The Bertz CT molecular complexity index is 1220. The van der Waals surface area contributed by atoms with Crippen molar-refractivity contribution in [3.63, 3.8) is 0 Å². The molecule has 0 unspecified atom stereocenters. The lowest BCUT2D eigenvalue weighted by Gasteiger charge is -2.04. The molecule has 4 aromatic rings. The van der Waals surface area contributed by atoms with Gasteiger partial charge >= 0.3 is 0 Å². The second kappa shape index (κ2) is 9.16. The van der Waals surface area contributed by atoms with Gasteiger partial charge < -0.3 is 14.9 Å². The number of hydrogen-bond donors (Lipinski definition) is 2. The van der Waals surface area contributed by atoms with E-state index in [4.69, 9.17) is 4.98 Å². The number of nitrogens with one attached hydrogen (secondary N) is 2. The smallest absolute Gasteiger partial charge is 0.123 e. The molecule has 0 saturated carbocycles. The van der Waals surface area contributed by atoms with Crippen LogP contribution in [0, 0.1) is 11.6 Å². The van der Waals surface area contributed by atoms with Crippen molar-refractivity contribution < 1.29 is 8.78 Å². The van der Waals surface area contributed by atoms with Crippen LogP contribution in [0.4, 0.5) is 8.78 Å². The third kappa shape index (κ3) is 4.31. The minimum absolute atomic E-state index is 0.346. The van der Waals surface area contributed by atoms with Gasteiger partial charge in [0, 0.05) is 42.2 Å². The first-order valence-electron chi connectivity index (χ1n) is 10.2. The molecule has 162 valence electrons. The van der Waals surface area contributed by atoms with Crippen LogP contribution >= 0.6 is 0 Å². The van der Waals surface area contributed by atoms with Crippen LogP contribution in [-0.4, -0.2) is 14.5 Å². The van der Waals surface area contributed by atoms with Gasteiger partial charge in [-0.05, 0) is 35.9 Å². The maximum absolute atomic E-state index is 13.9. The molecule has 0 spiro atoms. The molecule has 0 fully saturated rings. The van der Waals surface area contributed by atoms with Crippen molar-refractivity contribution in [2.45, 2.75) is 13.1 Å². The van der Waals surface area contributed by atoms with Crippen molar-refractivity contribution in [3.05, 3.63) is 102 Å². The van der Waals surface area contributed by atoms with E-state index in [0.29, 0.717) is 41.4 Å². The van der Waals surface area contributed by atoms with Crippen LogP contribution in [0.5, 0.6) is 0 Å². The highest BCUT2D eigenvalue weighted by Gasteiger charge is 2.16. The summed E-state index contributed by atoms with van der Waals surface area (Å²) in [6.45, 7) is 8.83. The summed E-state index contributed by atoms with van der Waals surface area (Å²) in [6, 6.07) is 12.5. The lowest BCUT2D eigenvalue weighted by molar-refractivity contribution is 0.627. The van der Waals surface area contributed by atoms with Gasteiger partial charge in [0.25, 0.3) is 0 Å². The number of imidazole rings is 1. The summed E-state index contributed by atoms with van der Waals surface area (Å²) in [5.74, 6) is -0.0287. The fourth-order valence-corrected chi connectivity index (χ4v) is 3.88. The van der Waals surface area contributed by atoms with E-state index in [9.17, 15) is 8.78 Å². The van der Waals surface area contributed by atoms with E-state index in [0.717, 1.165) is 16.8 Å². The molecule has 2 N–H and O–H groups in total. The van der Waals surface area contributed by atoms with E-state index in [-0.39, 0.29) is 11.6 Å². The molecule has 0 radical (unpaired) electrons. The van der Waals surface area contributed by atoms with Crippen LogP contribution in [0.1, 0.15) is 22.6 Å². The van der Waals surface area contributed by atoms with Gasteiger partial charge in [-0.1, -0.05) is 43.5 Å². The Kier molecular flexibility index (Phi) is 6.14. The van der Waals surface area contributed by atoms with Crippen LogP contribution in [0.25, 0.3) is 34.7 Å². The number of H-pyrrole nitrogens is 1. The zero-order valence-electron chi connectivity index (χ0n) is 17.8. The lowest BCUT2D eigenvalue weighted by Crippen LogP contribution is -2.14. The number of benzene rings is 2. The highest BCUT2D eigenvalue weighted by molar-refractivity contribution is 5.78. The second-order valence-electron chi connectivity index (χ2n) is 7.50. The molecule has 4 rings (SSSR count). The molecule has 2 heterocycles. The third-order valence-electron chi connectivity index (χ3n) is 5.32. The SMILES string of the molecule is C=Cc1c(CNCc2nc(-c3cccc(F)c3)c(-c3cccc(F)c3)[nH]2)cn(C)c1C=C. The monoisotopic (exact) mass is 430 g/mol. The van der Waals surface area contributed by atoms with Gasteiger partial charge in [0.15, 0.2) is 0 Å². The topological polar surface area (TPSA) is 45.6 Å².